The topological polar surface area (TPSA) is 75.4 Å². The average molecular weight is 319 g/mol. The predicted octanol–water partition coefficient (Wildman–Crippen LogP) is 2.02. The van der Waals surface area contributed by atoms with Gasteiger partial charge < -0.3 is 9.67 Å². The predicted molar refractivity (Wildman–Crippen MR) is 81.5 cm³/mol. The molecule has 0 amide bonds. The molecule has 1 heterocycles. The van der Waals surface area contributed by atoms with Crippen LogP contribution in [0.3, 0.4) is 0 Å². The number of carboxylic acid groups (broad SMARTS) is 1. The molecule has 0 spiro atoms. The summed E-state index contributed by atoms with van der Waals surface area (Å²) in [5.74, 6) is -1.78. The van der Waals surface area contributed by atoms with Gasteiger partial charge in [0.25, 0.3) is 0 Å². The number of aromatic nitrogens is 2. The van der Waals surface area contributed by atoms with Crippen LogP contribution in [0.1, 0.15) is 34.7 Å². The van der Waals surface area contributed by atoms with Gasteiger partial charge in [0.05, 0.1) is 12.1 Å². The molecular formula is C16H18FN3O3. The second-order valence-electron chi connectivity index (χ2n) is 5.38. The van der Waals surface area contributed by atoms with E-state index in [2.05, 4.69) is 4.98 Å². The summed E-state index contributed by atoms with van der Waals surface area (Å²) in [6, 6.07) is 3.00. The lowest BCUT2D eigenvalue weighted by Gasteiger charge is -2.25. The summed E-state index contributed by atoms with van der Waals surface area (Å²) in [5.41, 5.74) is -0.152. The molecule has 1 aromatic carbocycles. The van der Waals surface area contributed by atoms with Crippen LogP contribution >= 0.6 is 0 Å². The van der Waals surface area contributed by atoms with Gasteiger partial charge in [0.1, 0.15) is 17.7 Å². The molecule has 0 radical (unpaired) electrons. The maximum atomic E-state index is 14.5. The number of aryl methyl sites for hydroxylation is 1. The van der Waals surface area contributed by atoms with Crippen LogP contribution in [-0.2, 0) is 18.4 Å². The van der Waals surface area contributed by atoms with Crippen LogP contribution in [0.25, 0.3) is 0 Å². The molecule has 0 aliphatic rings. The summed E-state index contributed by atoms with van der Waals surface area (Å²) in [4.78, 5) is 28.8. The lowest BCUT2D eigenvalue weighted by atomic mass is 10.00. The summed E-state index contributed by atoms with van der Waals surface area (Å²) >= 11 is 0. The Morgan fingerprint density at radius 2 is 2.13 bits per heavy atom. The maximum Gasteiger partial charge on any atom is 0.325 e. The van der Waals surface area contributed by atoms with Crippen molar-refractivity contribution in [3.05, 3.63) is 53.4 Å². The first kappa shape index (κ1) is 16.8. The van der Waals surface area contributed by atoms with Crippen LogP contribution in [0.5, 0.6) is 0 Å². The van der Waals surface area contributed by atoms with E-state index in [4.69, 9.17) is 0 Å². The van der Waals surface area contributed by atoms with Crippen molar-refractivity contribution in [1.29, 1.82) is 0 Å². The number of hydrogen-bond acceptors (Lipinski definition) is 4. The Morgan fingerprint density at radius 1 is 1.43 bits per heavy atom. The Morgan fingerprint density at radius 3 is 2.65 bits per heavy atom. The normalized spacial score (nSPS) is 12.4. The molecule has 2 aromatic rings. The van der Waals surface area contributed by atoms with Gasteiger partial charge in [-0.3, -0.25) is 14.5 Å². The summed E-state index contributed by atoms with van der Waals surface area (Å²) in [7, 11) is 3.37. The van der Waals surface area contributed by atoms with Crippen LogP contribution in [-0.4, -0.2) is 38.4 Å². The molecule has 122 valence electrons. The van der Waals surface area contributed by atoms with E-state index in [0.29, 0.717) is 5.82 Å². The highest BCUT2D eigenvalue weighted by atomic mass is 19.1. The molecule has 1 N–H and O–H groups in total. The van der Waals surface area contributed by atoms with Crippen molar-refractivity contribution >= 4 is 11.8 Å². The van der Waals surface area contributed by atoms with E-state index in [9.17, 15) is 19.1 Å². The van der Waals surface area contributed by atoms with Gasteiger partial charge >= 0.3 is 5.97 Å². The minimum absolute atomic E-state index is 0.0399. The number of hydrogen-bond donors (Lipinski definition) is 1. The van der Waals surface area contributed by atoms with E-state index >= 15 is 0 Å². The Hall–Kier alpha value is -2.54. The molecule has 2 rings (SSSR count). The van der Waals surface area contributed by atoms with E-state index in [1.165, 1.54) is 30.0 Å². The van der Waals surface area contributed by atoms with Crippen LogP contribution in [0, 0.1) is 5.82 Å². The van der Waals surface area contributed by atoms with Crippen LogP contribution in [0.4, 0.5) is 4.39 Å². The highest BCUT2D eigenvalue weighted by Crippen LogP contribution is 2.26. The molecule has 0 saturated heterocycles. The first-order chi connectivity index (χ1) is 10.8. The van der Waals surface area contributed by atoms with Gasteiger partial charge in [-0.1, -0.05) is 12.1 Å². The second kappa shape index (κ2) is 6.70. The number of Topliss-reactive ketones (excluding diaryl/α,β-unsaturated/α-hetero) is 1. The molecular weight excluding hydrogens is 301 g/mol. The van der Waals surface area contributed by atoms with Gasteiger partial charge in [-0.15, -0.1) is 0 Å². The number of carboxylic acids is 1. The van der Waals surface area contributed by atoms with E-state index in [0.717, 1.165) is 0 Å². The van der Waals surface area contributed by atoms with Crippen molar-refractivity contribution in [1.82, 2.24) is 14.5 Å². The first-order valence-corrected chi connectivity index (χ1v) is 7.01. The number of likely N-dealkylation sites (N-methyl/N-ethyl adjacent to an activating group) is 1. The lowest BCUT2D eigenvalue weighted by molar-refractivity contribution is -0.143. The number of rotatable bonds is 6. The van der Waals surface area contributed by atoms with Gasteiger partial charge in [-0.25, -0.2) is 9.37 Å². The Balaban J connectivity index is 2.39. The minimum Gasteiger partial charge on any atom is -0.480 e. The number of imidazole rings is 1. The lowest BCUT2D eigenvalue weighted by Crippen LogP contribution is -2.32. The van der Waals surface area contributed by atoms with Gasteiger partial charge in [0.2, 0.25) is 0 Å². The summed E-state index contributed by atoms with van der Waals surface area (Å²) in [6.45, 7) is 1.47. The van der Waals surface area contributed by atoms with Crippen molar-refractivity contribution in [3.8, 4) is 0 Å². The number of ketones is 1. The van der Waals surface area contributed by atoms with Crippen molar-refractivity contribution in [2.24, 2.45) is 7.05 Å². The monoisotopic (exact) mass is 319 g/mol. The minimum atomic E-state index is -1.22. The van der Waals surface area contributed by atoms with E-state index in [1.807, 2.05) is 0 Å². The Labute approximate surface area is 133 Å². The number of halogens is 1. The molecule has 1 unspecified atom stereocenters. The number of carbonyl (C=O) groups excluding carboxylic acids is 1. The number of benzene rings is 1. The molecule has 1 aromatic heterocycles. The fraction of sp³-hybridized carbons (Fsp3) is 0.312. The van der Waals surface area contributed by atoms with Crippen molar-refractivity contribution in [2.75, 3.05) is 7.05 Å². The third kappa shape index (κ3) is 3.45. The van der Waals surface area contributed by atoms with Gasteiger partial charge in [0, 0.05) is 25.0 Å². The van der Waals surface area contributed by atoms with Gasteiger partial charge in [-0.05, 0) is 20.0 Å². The molecule has 1 atom stereocenters. The third-order valence-electron chi connectivity index (χ3n) is 3.69. The molecule has 0 aliphatic heterocycles. The number of nitrogens with zero attached hydrogens (tertiary/aromatic N) is 3. The van der Waals surface area contributed by atoms with Gasteiger partial charge in [0.15, 0.2) is 5.78 Å². The van der Waals surface area contributed by atoms with E-state index < -0.39 is 23.6 Å². The second-order valence-corrected chi connectivity index (χ2v) is 5.38. The quantitative estimate of drug-likeness (QED) is 0.825. The van der Waals surface area contributed by atoms with E-state index in [1.54, 1.807) is 31.1 Å². The summed E-state index contributed by atoms with van der Waals surface area (Å²) in [6.07, 6.45) is 3.35. The summed E-state index contributed by atoms with van der Waals surface area (Å²) in [5, 5.41) is 9.53. The average Bonchev–Trinajstić information content (AvgIpc) is 2.85. The molecule has 0 fully saturated rings. The van der Waals surface area contributed by atoms with E-state index in [-0.39, 0.29) is 17.7 Å². The maximum absolute atomic E-state index is 14.5. The Bertz CT molecular complexity index is 742. The van der Waals surface area contributed by atoms with Crippen LogP contribution < -0.4 is 0 Å². The molecule has 7 heteroatoms. The largest absolute Gasteiger partial charge is 0.480 e. The zero-order valence-corrected chi connectivity index (χ0v) is 13.2. The first-order valence-electron chi connectivity index (χ1n) is 7.01. The fourth-order valence-electron chi connectivity index (χ4n) is 2.46. The standard InChI is InChI=1S/C16H18FN3O3/c1-10(21)11-5-4-6-12(14(11)17)15(16(22)23)20(3)9-13-18-7-8-19(13)2/h4-8,15H,9H2,1-3H3,(H,22,23). The molecule has 0 saturated carbocycles. The van der Waals surface area contributed by atoms with Crippen LogP contribution in [0.15, 0.2) is 30.6 Å². The van der Waals surface area contributed by atoms with Crippen molar-refractivity contribution < 1.29 is 19.1 Å². The summed E-state index contributed by atoms with van der Waals surface area (Å²) < 4.78 is 16.3. The van der Waals surface area contributed by atoms with Crippen LogP contribution in [0.2, 0.25) is 0 Å². The SMILES string of the molecule is CC(=O)c1cccc(C(C(=O)O)N(C)Cc2nccn2C)c1F. The molecule has 0 bridgehead atoms. The molecule has 0 aliphatic carbocycles. The molecule has 23 heavy (non-hydrogen) atoms. The van der Waals surface area contributed by atoms with Crippen molar-refractivity contribution in [2.45, 2.75) is 19.5 Å². The highest BCUT2D eigenvalue weighted by Gasteiger charge is 2.29. The fourth-order valence-corrected chi connectivity index (χ4v) is 2.46. The number of carbonyl (C=O) groups is 2. The van der Waals surface area contributed by atoms with Gasteiger partial charge in [-0.2, -0.15) is 0 Å². The van der Waals surface area contributed by atoms with Crippen molar-refractivity contribution in [3.63, 3.8) is 0 Å². The smallest absolute Gasteiger partial charge is 0.325 e. The zero-order chi connectivity index (χ0) is 17.1. The third-order valence-corrected chi connectivity index (χ3v) is 3.69. The molecule has 6 nitrogen and oxygen atoms in total. The number of aliphatic carboxylic acids is 1. The Kier molecular flexibility index (Phi) is 4.90. The highest BCUT2D eigenvalue weighted by molar-refractivity contribution is 5.94. The zero-order valence-electron chi connectivity index (χ0n) is 13.2.